The highest BCUT2D eigenvalue weighted by molar-refractivity contribution is 9.10. The number of aliphatic imine (C=N–C) groups is 1. The first-order valence-electron chi connectivity index (χ1n) is 8.74. The molecule has 1 aliphatic heterocycles. The average Bonchev–Trinajstić information content (AvgIpc) is 3.15. The molecule has 1 saturated heterocycles. The molecule has 8 heteroatoms. The van der Waals surface area contributed by atoms with Crippen LogP contribution in [-0.2, 0) is 13.1 Å². The maximum Gasteiger partial charge on any atom is 0.194 e. The number of halogens is 2. The lowest BCUT2D eigenvalue weighted by Crippen LogP contribution is -2.52. The van der Waals surface area contributed by atoms with Gasteiger partial charge in [0, 0.05) is 55.4 Å². The van der Waals surface area contributed by atoms with E-state index in [1.807, 2.05) is 13.0 Å². The molecular weight excluding hydrogens is 401 g/mol. The highest BCUT2D eigenvalue weighted by Crippen LogP contribution is 2.16. The number of hydrogen-bond acceptors (Lipinski definition) is 4. The normalized spacial score (nSPS) is 16.1. The summed E-state index contributed by atoms with van der Waals surface area (Å²) in [4.78, 5) is 9.19. The molecule has 2 heterocycles. The maximum atomic E-state index is 13.9. The second-order valence-electron chi connectivity index (χ2n) is 6.16. The molecular formula is C18H23BrFN5O. The molecule has 2 aromatic rings. The third-order valence-electron chi connectivity index (χ3n) is 4.29. The van der Waals surface area contributed by atoms with Gasteiger partial charge in [-0.25, -0.2) is 9.38 Å². The summed E-state index contributed by atoms with van der Waals surface area (Å²) >= 11 is 3.38. The Bertz CT molecular complexity index is 729. The van der Waals surface area contributed by atoms with Gasteiger partial charge in [-0.3, -0.25) is 4.90 Å². The molecule has 1 aromatic carbocycles. The van der Waals surface area contributed by atoms with Crippen LogP contribution in [0.4, 0.5) is 4.39 Å². The minimum atomic E-state index is -0.231. The summed E-state index contributed by atoms with van der Waals surface area (Å²) in [6, 6.07) is 6.83. The van der Waals surface area contributed by atoms with E-state index in [-0.39, 0.29) is 5.82 Å². The van der Waals surface area contributed by atoms with Crippen molar-refractivity contribution in [1.82, 2.24) is 20.3 Å². The summed E-state index contributed by atoms with van der Waals surface area (Å²) in [7, 11) is 0. The van der Waals surface area contributed by atoms with Crippen LogP contribution < -0.4 is 5.32 Å². The van der Waals surface area contributed by atoms with E-state index in [4.69, 9.17) is 4.52 Å². The molecule has 1 aromatic heterocycles. The highest BCUT2D eigenvalue weighted by Gasteiger charge is 2.20. The van der Waals surface area contributed by atoms with Crippen molar-refractivity contribution in [1.29, 1.82) is 0 Å². The van der Waals surface area contributed by atoms with Gasteiger partial charge < -0.3 is 14.7 Å². The number of hydrogen-bond donors (Lipinski definition) is 1. The number of rotatable bonds is 5. The van der Waals surface area contributed by atoms with Gasteiger partial charge in [0.1, 0.15) is 12.1 Å². The smallest absolute Gasteiger partial charge is 0.194 e. The summed E-state index contributed by atoms with van der Waals surface area (Å²) in [6.07, 6.45) is 1.60. The number of benzene rings is 1. The minimum absolute atomic E-state index is 0.231. The zero-order valence-corrected chi connectivity index (χ0v) is 16.4. The Labute approximate surface area is 161 Å². The molecule has 0 spiro atoms. The molecule has 0 aliphatic carbocycles. The van der Waals surface area contributed by atoms with Crippen molar-refractivity contribution in [2.24, 2.45) is 4.99 Å². The second kappa shape index (κ2) is 9.14. The lowest BCUT2D eigenvalue weighted by atomic mass is 10.2. The average molecular weight is 424 g/mol. The van der Waals surface area contributed by atoms with Crippen molar-refractivity contribution < 1.29 is 8.91 Å². The summed E-state index contributed by atoms with van der Waals surface area (Å²) in [6.45, 7) is 7.49. The van der Waals surface area contributed by atoms with Crippen LogP contribution in [0.25, 0.3) is 0 Å². The zero-order valence-electron chi connectivity index (χ0n) is 14.8. The fourth-order valence-electron chi connectivity index (χ4n) is 2.92. The third-order valence-corrected chi connectivity index (χ3v) is 4.78. The Morgan fingerprint density at radius 2 is 2.12 bits per heavy atom. The van der Waals surface area contributed by atoms with Crippen LogP contribution in [0.5, 0.6) is 0 Å². The zero-order chi connectivity index (χ0) is 18.4. The van der Waals surface area contributed by atoms with Gasteiger partial charge in [-0.05, 0) is 25.1 Å². The second-order valence-corrected chi connectivity index (χ2v) is 7.08. The molecule has 0 amide bonds. The molecule has 0 unspecified atom stereocenters. The van der Waals surface area contributed by atoms with Gasteiger partial charge in [0.15, 0.2) is 5.96 Å². The molecule has 1 aliphatic rings. The molecule has 3 rings (SSSR count). The Morgan fingerprint density at radius 3 is 2.81 bits per heavy atom. The van der Waals surface area contributed by atoms with Crippen LogP contribution in [0.1, 0.15) is 18.2 Å². The van der Waals surface area contributed by atoms with E-state index in [2.05, 4.69) is 41.2 Å². The van der Waals surface area contributed by atoms with E-state index >= 15 is 0 Å². The van der Waals surface area contributed by atoms with E-state index in [9.17, 15) is 4.39 Å². The molecule has 0 bridgehead atoms. The fourth-order valence-corrected chi connectivity index (χ4v) is 3.32. The summed E-state index contributed by atoms with van der Waals surface area (Å²) in [5.41, 5.74) is 1.53. The number of piperazine rings is 1. The van der Waals surface area contributed by atoms with Crippen molar-refractivity contribution in [2.45, 2.75) is 20.0 Å². The summed E-state index contributed by atoms with van der Waals surface area (Å²) < 4.78 is 19.7. The van der Waals surface area contributed by atoms with Crippen molar-refractivity contribution >= 4 is 21.9 Å². The largest absolute Gasteiger partial charge is 0.364 e. The molecule has 26 heavy (non-hydrogen) atoms. The van der Waals surface area contributed by atoms with Gasteiger partial charge in [0.25, 0.3) is 0 Å². The summed E-state index contributed by atoms with van der Waals surface area (Å²) in [5, 5.41) is 7.28. The Balaban J connectivity index is 1.60. The van der Waals surface area contributed by atoms with Crippen molar-refractivity contribution in [2.75, 3.05) is 32.7 Å². The summed E-state index contributed by atoms with van der Waals surface area (Å²) in [5.74, 6) is 0.596. The predicted molar refractivity (Wildman–Crippen MR) is 102 cm³/mol. The number of guanidine groups is 1. The quantitative estimate of drug-likeness (QED) is 0.591. The number of nitrogens with one attached hydrogen (secondary N) is 1. The lowest BCUT2D eigenvalue weighted by molar-refractivity contribution is 0.169. The van der Waals surface area contributed by atoms with Gasteiger partial charge in [-0.2, -0.15) is 0 Å². The first-order valence-corrected chi connectivity index (χ1v) is 9.54. The van der Waals surface area contributed by atoms with Crippen molar-refractivity contribution in [3.05, 3.63) is 52.1 Å². The van der Waals surface area contributed by atoms with Crippen LogP contribution >= 0.6 is 15.9 Å². The molecule has 0 radical (unpaired) electrons. The number of aromatic nitrogens is 1. The molecule has 1 N–H and O–H groups in total. The van der Waals surface area contributed by atoms with Gasteiger partial charge in [-0.1, -0.05) is 21.1 Å². The van der Waals surface area contributed by atoms with Gasteiger partial charge in [0.2, 0.25) is 0 Å². The predicted octanol–water partition coefficient (Wildman–Crippen LogP) is 2.86. The van der Waals surface area contributed by atoms with Crippen LogP contribution in [0, 0.1) is 5.82 Å². The van der Waals surface area contributed by atoms with Crippen molar-refractivity contribution in [3.63, 3.8) is 0 Å². The molecule has 0 atom stereocenters. The first kappa shape index (κ1) is 18.8. The standard InChI is InChI=1S/C18H23BrFN5O/c1-2-21-18(22-12-14-11-15(19)3-4-17(14)20)25-8-6-24(7-9-25)13-16-5-10-26-23-16/h3-5,10-11H,2,6-9,12-13H2,1H3,(H,21,22). The van der Waals surface area contributed by atoms with Crippen LogP contribution in [0.2, 0.25) is 0 Å². The fraction of sp³-hybridized carbons (Fsp3) is 0.444. The van der Waals surface area contributed by atoms with Crippen LogP contribution in [-0.4, -0.2) is 53.6 Å². The van der Waals surface area contributed by atoms with E-state index < -0.39 is 0 Å². The van der Waals surface area contributed by atoms with E-state index in [1.165, 1.54) is 6.07 Å². The Kier molecular flexibility index (Phi) is 6.62. The first-order chi connectivity index (χ1) is 12.7. The van der Waals surface area contributed by atoms with Gasteiger partial charge in [0.05, 0.1) is 12.2 Å². The Morgan fingerprint density at radius 1 is 1.31 bits per heavy atom. The van der Waals surface area contributed by atoms with Gasteiger partial charge in [-0.15, -0.1) is 0 Å². The van der Waals surface area contributed by atoms with E-state index in [0.717, 1.165) is 55.4 Å². The Hall–Kier alpha value is -1.93. The maximum absolute atomic E-state index is 13.9. The van der Waals surface area contributed by atoms with Crippen LogP contribution in [0.3, 0.4) is 0 Å². The topological polar surface area (TPSA) is 56.9 Å². The van der Waals surface area contributed by atoms with E-state index in [0.29, 0.717) is 12.1 Å². The third kappa shape index (κ3) is 5.04. The van der Waals surface area contributed by atoms with Crippen molar-refractivity contribution in [3.8, 4) is 0 Å². The molecule has 1 fully saturated rings. The van der Waals surface area contributed by atoms with Crippen LogP contribution in [0.15, 0.2) is 44.5 Å². The minimum Gasteiger partial charge on any atom is -0.364 e. The van der Waals surface area contributed by atoms with Gasteiger partial charge >= 0.3 is 0 Å². The number of nitrogens with zero attached hydrogens (tertiary/aromatic N) is 4. The highest BCUT2D eigenvalue weighted by atomic mass is 79.9. The van der Waals surface area contributed by atoms with E-state index in [1.54, 1.807) is 18.4 Å². The molecule has 140 valence electrons. The molecule has 6 nitrogen and oxygen atoms in total. The molecule has 0 saturated carbocycles. The SMILES string of the molecule is CCNC(=NCc1cc(Br)ccc1F)N1CCN(Cc2ccon2)CC1. The lowest BCUT2D eigenvalue weighted by Gasteiger charge is -2.36. The monoisotopic (exact) mass is 423 g/mol.